The molecular weight excluding hydrogens is 447 g/mol. The van der Waals surface area contributed by atoms with E-state index >= 15 is 0 Å². The highest BCUT2D eigenvalue weighted by atomic mass is 19.4. The van der Waals surface area contributed by atoms with Gasteiger partial charge in [-0.1, -0.05) is 6.07 Å². The number of hydrogen-bond donors (Lipinski definition) is 2. The van der Waals surface area contributed by atoms with Gasteiger partial charge in [0.1, 0.15) is 12.1 Å². The Morgan fingerprint density at radius 3 is 2.82 bits per heavy atom. The van der Waals surface area contributed by atoms with Crippen molar-refractivity contribution < 1.29 is 22.7 Å². The van der Waals surface area contributed by atoms with E-state index < -0.39 is 17.8 Å². The molecule has 0 radical (unpaired) electrons. The Bertz CT molecular complexity index is 1400. The topological polar surface area (TPSA) is 81.1 Å². The standard InChI is InChI=1S/C24H20F3N5O2/c1-14-9-15-10-18(34-22-19-7-8-28-12-20(19)29-13-30-22)5-6-21(15)32(14)23(33)31-17-4-2-3-16(11-17)24(25,26)27/h2-6,9-11,13,28H,7-8,12H2,1H3,(H,31,33). The van der Waals surface area contributed by atoms with Crippen LogP contribution in [0.25, 0.3) is 10.9 Å². The molecule has 1 amide bonds. The summed E-state index contributed by atoms with van der Waals surface area (Å²) in [6, 6.07) is 11.0. The average molecular weight is 467 g/mol. The molecule has 1 aliphatic heterocycles. The van der Waals surface area contributed by atoms with E-state index in [4.69, 9.17) is 4.74 Å². The summed E-state index contributed by atoms with van der Waals surface area (Å²) in [7, 11) is 0. The Morgan fingerprint density at radius 2 is 2.00 bits per heavy atom. The van der Waals surface area contributed by atoms with Gasteiger partial charge in [0.2, 0.25) is 5.88 Å². The molecule has 2 aromatic heterocycles. The number of anilines is 1. The molecule has 34 heavy (non-hydrogen) atoms. The number of carbonyl (C=O) groups excluding carboxylic acids is 1. The number of amides is 1. The first-order valence-corrected chi connectivity index (χ1v) is 10.6. The van der Waals surface area contributed by atoms with Gasteiger partial charge < -0.3 is 15.4 Å². The lowest BCUT2D eigenvalue weighted by molar-refractivity contribution is -0.137. The molecule has 0 saturated carbocycles. The van der Waals surface area contributed by atoms with Gasteiger partial charge in [-0.25, -0.2) is 14.8 Å². The number of nitrogens with zero attached hydrogens (tertiary/aromatic N) is 3. The van der Waals surface area contributed by atoms with Gasteiger partial charge in [-0.15, -0.1) is 0 Å². The van der Waals surface area contributed by atoms with Crippen LogP contribution >= 0.6 is 0 Å². The second kappa shape index (κ2) is 8.45. The Labute approximate surface area is 192 Å². The molecule has 7 nitrogen and oxygen atoms in total. The number of carbonyl (C=O) groups is 1. The van der Waals surface area contributed by atoms with Crippen LogP contribution in [0, 0.1) is 6.92 Å². The lowest BCUT2D eigenvalue weighted by Crippen LogP contribution is -2.25. The van der Waals surface area contributed by atoms with Crippen molar-refractivity contribution in [2.45, 2.75) is 26.1 Å². The van der Waals surface area contributed by atoms with Gasteiger partial charge in [-0.3, -0.25) is 4.57 Å². The third kappa shape index (κ3) is 4.19. The molecule has 0 atom stereocenters. The zero-order valence-corrected chi connectivity index (χ0v) is 18.1. The summed E-state index contributed by atoms with van der Waals surface area (Å²) in [6.07, 6.45) is -2.26. The maximum atomic E-state index is 13.0. The number of ether oxygens (including phenoxy) is 1. The van der Waals surface area contributed by atoms with Gasteiger partial charge in [0.15, 0.2) is 0 Å². The molecular formula is C24H20F3N5O2. The predicted molar refractivity (Wildman–Crippen MR) is 120 cm³/mol. The number of aromatic nitrogens is 3. The summed E-state index contributed by atoms with van der Waals surface area (Å²) in [5, 5.41) is 6.56. The SMILES string of the molecule is Cc1cc2cc(Oc3ncnc4c3CCNC4)ccc2n1C(=O)Nc1cccc(C(F)(F)F)c1. The van der Waals surface area contributed by atoms with E-state index in [-0.39, 0.29) is 5.69 Å². The minimum atomic E-state index is -4.49. The molecule has 10 heteroatoms. The van der Waals surface area contributed by atoms with Gasteiger partial charge in [0.05, 0.1) is 16.8 Å². The van der Waals surface area contributed by atoms with Crippen LogP contribution in [0.3, 0.4) is 0 Å². The molecule has 0 aliphatic carbocycles. The molecule has 1 aliphatic rings. The van der Waals surface area contributed by atoms with Gasteiger partial charge in [0, 0.05) is 28.9 Å². The molecule has 2 N–H and O–H groups in total. The highest BCUT2D eigenvalue weighted by molar-refractivity contribution is 5.99. The normalized spacial score (nSPS) is 13.5. The summed E-state index contributed by atoms with van der Waals surface area (Å²) >= 11 is 0. The number of aryl methyl sites for hydroxylation is 1. The van der Waals surface area contributed by atoms with E-state index in [1.165, 1.54) is 23.0 Å². The Kier molecular flexibility index (Phi) is 5.45. The van der Waals surface area contributed by atoms with E-state index in [2.05, 4.69) is 20.6 Å². The van der Waals surface area contributed by atoms with Crippen molar-refractivity contribution in [2.24, 2.45) is 0 Å². The van der Waals surface area contributed by atoms with Crippen LogP contribution < -0.4 is 15.4 Å². The number of benzene rings is 2. The second-order valence-corrected chi connectivity index (χ2v) is 7.98. The monoisotopic (exact) mass is 467 g/mol. The smallest absolute Gasteiger partial charge is 0.416 e. The van der Waals surface area contributed by atoms with Crippen molar-refractivity contribution >= 4 is 22.6 Å². The van der Waals surface area contributed by atoms with Crippen LogP contribution in [0.5, 0.6) is 11.6 Å². The first kappa shape index (κ1) is 21.9. The summed E-state index contributed by atoms with van der Waals surface area (Å²) in [6.45, 7) is 3.23. The fraction of sp³-hybridized carbons (Fsp3) is 0.208. The molecule has 0 bridgehead atoms. The maximum absolute atomic E-state index is 13.0. The molecule has 0 spiro atoms. The zero-order valence-electron chi connectivity index (χ0n) is 18.1. The van der Waals surface area contributed by atoms with Crippen molar-refractivity contribution in [1.82, 2.24) is 19.9 Å². The molecule has 0 unspecified atom stereocenters. The molecule has 3 heterocycles. The maximum Gasteiger partial charge on any atom is 0.416 e. The van der Waals surface area contributed by atoms with Crippen LogP contribution in [-0.2, 0) is 19.1 Å². The Balaban J connectivity index is 1.41. The quantitative estimate of drug-likeness (QED) is 0.429. The van der Waals surface area contributed by atoms with E-state index in [1.54, 1.807) is 25.1 Å². The molecule has 174 valence electrons. The predicted octanol–water partition coefficient (Wildman–Crippen LogP) is 5.28. The van der Waals surface area contributed by atoms with Crippen molar-refractivity contribution in [3.63, 3.8) is 0 Å². The van der Waals surface area contributed by atoms with E-state index in [9.17, 15) is 18.0 Å². The van der Waals surface area contributed by atoms with E-state index in [0.717, 1.165) is 41.7 Å². The fourth-order valence-corrected chi connectivity index (χ4v) is 4.07. The summed E-state index contributed by atoms with van der Waals surface area (Å²) in [5.74, 6) is 1.06. The minimum absolute atomic E-state index is 0.0593. The first-order chi connectivity index (χ1) is 16.3. The second-order valence-electron chi connectivity index (χ2n) is 7.98. The lowest BCUT2D eigenvalue weighted by atomic mass is 10.1. The Morgan fingerprint density at radius 1 is 1.15 bits per heavy atom. The molecule has 0 saturated heterocycles. The third-order valence-electron chi connectivity index (χ3n) is 5.66. The van der Waals surface area contributed by atoms with Crippen molar-refractivity contribution in [3.8, 4) is 11.6 Å². The van der Waals surface area contributed by atoms with Crippen LogP contribution in [0.2, 0.25) is 0 Å². The van der Waals surface area contributed by atoms with Crippen LogP contribution in [0.1, 0.15) is 22.5 Å². The number of halogens is 3. The lowest BCUT2D eigenvalue weighted by Gasteiger charge is -2.18. The number of hydrogen-bond acceptors (Lipinski definition) is 5. The largest absolute Gasteiger partial charge is 0.439 e. The van der Waals surface area contributed by atoms with Crippen molar-refractivity contribution in [1.29, 1.82) is 0 Å². The minimum Gasteiger partial charge on any atom is -0.439 e. The van der Waals surface area contributed by atoms with Gasteiger partial charge in [-0.2, -0.15) is 13.2 Å². The molecule has 4 aromatic rings. The molecule has 0 fully saturated rings. The van der Waals surface area contributed by atoms with Crippen molar-refractivity contribution in [2.75, 3.05) is 11.9 Å². The van der Waals surface area contributed by atoms with Crippen LogP contribution in [0.15, 0.2) is 54.9 Å². The van der Waals surface area contributed by atoms with Gasteiger partial charge in [-0.05, 0) is 62.4 Å². The number of rotatable bonds is 3. The van der Waals surface area contributed by atoms with Gasteiger partial charge in [0.25, 0.3) is 0 Å². The molecule has 2 aromatic carbocycles. The van der Waals surface area contributed by atoms with Crippen molar-refractivity contribution in [3.05, 3.63) is 77.4 Å². The highest BCUT2D eigenvalue weighted by Gasteiger charge is 2.30. The molecule has 5 rings (SSSR count). The zero-order chi connectivity index (χ0) is 23.9. The van der Waals surface area contributed by atoms with E-state index in [0.29, 0.717) is 29.4 Å². The average Bonchev–Trinajstić information content (AvgIpc) is 3.14. The summed E-state index contributed by atoms with van der Waals surface area (Å²) < 4.78 is 46.4. The third-order valence-corrected chi connectivity index (χ3v) is 5.66. The number of alkyl halides is 3. The summed E-state index contributed by atoms with van der Waals surface area (Å²) in [4.78, 5) is 21.5. The number of nitrogens with one attached hydrogen (secondary N) is 2. The summed E-state index contributed by atoms with van der Waals surface area (Å²) in [5.41, 5.74) is 2.33. The van der Waals surface area contributed by atoms with Crippen LogP contribution in [-0.4, -0.2) is 27.1 Å². The van der Waals surface area contributed by atoms with E-state index in [1.807, 2.05) is 6.07 Å². The first-order valence-electron chi connectivity index (χ1n) is 10.6. The number of fused-ring (bicyclic) bond motifs is 2. The Hall–Kier alpha value is -3.92. The highest BCUT2D eigenvalue weighted by Crippen LogP contribution is 2.32. The fourth-order valence-electron chi connectivity index (χ4n) is 4.07. The van der Waals surface area contributed by atoms with Gasteiger partial charge >= 0.3 is 12.2 Å². The van der Waals surface area contributed by atoms with Crippen LogP contribution in [0.4, 0.5) is 23.7 Å².